The molecule has 1 nitrogen and oxygen atoms in total. The van der Waals surface area contributed by atoms with Gasteiger partial charge in [-0.3, -0.25) is 0 Å². The van der Waals surface area contributed by atoms with Gasteiger partial charge < -0.3 is 4.90 Å². The molecule has 0 fully saturated rings. The van der Waals surface area contributed by atoms with Crippen molar-refractivity contribution in [1.29, 1.82) is 0 Å². The van der Waals surface area contributed by atoms with E-state index in [1.54, 1.807) is 0 Å². The molecule has 338 valence electrons. The zero-order chi connectivity index (χ0) is 47.8. The molecule has 11 aromatic rings. The molecule has 0 amide bonds. The monoisotopic (exact) mass is 907 g/mol. The second-order valence-electron chi connectivity index (χ2n) is 20.5. The van der Waals surface area contributed by atoms with Crippen LogP contribution in [-0.2, 0) is 10.8 Å². The maximum Gasteiger partial charge on any atom is 0.0540 e. The maximum atomic E-state index is 2.52. The summed E-state index contributed by atoms with van der Waals surface area (Å²) in [5.41, 5.74) is 25.8. The summed E-state index contributed by atoms with van der Waals surface area (Å²) >= 11 is 0. The van der Waals surface area contributed by atoms with Crippen molar-refractivity contribution in [2.75, 3.05) is 4.90 Å². The molecular weight excluding hydrogens is 855 g/mol. The minimum absolute atomic E-state index is 0.232. The van der Waals surface area contributed by atoms with Crippen LogP contribution in [0.1, 0.15) is 49.9 Å². The van der Waals surface area contributed by atoms with Gasteiger partial charge in [-0.25, -0.2) is 0 Å². The van der Waals surface area contributed by atoms with E-state index in [4.69, 9.17) is 0 Å². The molecule has 11 aromatic carbocycles. The van der Waals surface area contributed by atoms with Crippen molar-refractivity contribution in [2.45, 2.75) is 38.5 Å². The zero-order valence-corrected chi connectivity index (χ0v) is 40.6. The SMILES string of the molecule is CC1(C)c2cc(-c3ccc(-c4ccccc4)cc3)ccc2-c2ccc(N(c3ccc4c(c3)C(C)(C)c3cc(-c5ccc6ccccc6c5)ccc3-4)c3ccccc3-c3cccc(-c4ccccc4)c3)cc21. The lowest BCUT2D eigenvalue weighted by Gasteiger charge is -2.31. The molecule has 0 radical (unpaired) electrons. The molecule has 0 saturated carbocycles. The van der Waals surface area contributed by atoms with E-state index in [-0.39, 0.29) is 10.8 Å². The third kappa shape index (κ3) is 7.14. The Labute approximate surface area is 418 Å². The first-order valence-electron chi connectivity index (χ1n) is 25.0. The molecule has 0 aromatic heterocycles. The standard InChI is InChI=1S/C70H53N/c1-69(2)64-42-54(50-28-26-49(27-29-50)46-16-7-5-8-17-46)32-36-60(64)62-38-34-57(44-66(62)69)71(68-25-14-13-24-59(68)56-23-15-22-52(41-56)47-18-9-6-10-19-47)58-35-39-63-61-37-33-55(43-65(61)70(3,4)67(63)45-58)53-31-30-48-20-11-12-21-51(48)40-53/h5-45H,1-4H3. The topological polar surface area (TPSA) is 3.24 Å². The van der Waals surface area contributed by atoms with Gasteiger partial charge in [-0.1, -0.05) is 222 Å². The third-order valence-corrected chi connectivity index (χ3v) is 15.7. The number of anilines is 3. The third-order valence-electron chi connectivity index (χ3n) is 15.7. The van der Waals surface area contributed by atoms with Crippen LogP contribution < -0.4 is 4.90 Å². The highest BCUT2D eigenvalue weighted by Crippen LogP contribution is 2.55. The summed E-state index contributed by atoms with van der Waals surface area (Å²) in [5.74, 6) is 0. The van der Waals surface area contributed by atoms with Gasteiger partial charge in [-0.2, -0.15) is 0 Å². The average molecular weight is 908 g/mol. The fourth-order valence-corrected chi connectivity index (χ4v) is 11.8. The van der Waals surface area contributed by atoms with Crippen molar-refractivity contribution in [3.05, 3.63) is 271 Å². The number of benzene rings is 11. The molecular formula is C70H53N. The Morgan fingerprint density at radius 1 is 0.239 bits per heavy atom. The maximum absolute atomic E-state index is 2.52. The van der Waals surface area contributed by atoms with Crippen LogP contribution >= 0.6 is 0 Å². The van der Waals surface area contributed by atoms with Crippen LogP contribution in [0.2, 0.25) is 0 Å². The number of nitrogens with zero attached hydrogens (tertiary/aromatic N) is 1. The van der Waals surface area contributed by atoms with Crippen LogP contribution in [0.3, 0.4) is 0 Å². The Kier molecular flexibility index (Phi) is 9.94. The fraction of sp³-hybridized carbons (Fsp3) is 0.0857. The van der Waals surface area contributed by atoms with E-state index < -0.39 is 0 Å². The van der Waals surface area contributed by atoms with Crippen LogP contribution in [0.5, 0.6) is 0 Å². The molecule has 2 aliphatic carbocycles. The predicted molar refractivity (Wildman–Crippen MR) is 301 cm³/mol. The normalized spacial score (nSPS) is 13.6. The first-order valence-corrected chi connectivity index (χ1v) is 25.0. The number of hydrogen-bond acceptors (Lipinski definition) is 1. The summed E-state index contributed by atoms with van der Waals surface area (Å²) in [5, 5.41) is 2.53. The molecule has 0 spiro atoms. The molecule has 0 unspecified atom stereocenters. The van der Waals surface area contributed by atoms with Crippen LogP contribution in [0.15, 0.2) is 249 Å². The minimum atomic E-state index is -0.236. The molecule has 2 aliphatic rings. The Morgan fingerprint density at radius 2 is 0.620 bits per heavy atom. The van der Waals surface area contributed by atoms with E-state index in [9.17, 15) is 0 Å². The van der Waals surface area contributed by atoms with Gasteiger partial charge in [0, 0.05) is 27.8 Å². The largest absolute Gasteiger partial charge is 0.310 e. The van der Waals surface area contributed by atoms with E-state index >= 15 is 0 Å². The lowest BCUT2D eigenvalue weighted by atomic mass is 9.81. The van der Waals surface area contributed by atoms with Crippen LogP contribution in [-0.4, -0.2) is 0 Å². The van der Waals surface area contributed by atoms with Gasteiger partial charge in [-0.15, -0.1) is 0 Å². The minimum Gasteiger partial charge on any atom is -0.310 e. The van der Waals surface area contributed by atoms with Crippen LogP contribution in [0.4, 0.5) is 17.1 Å². The smallest absolute Gasteiger partial charge is 0.0540 e. The number of rotatable bonds is 8. The highest BCUT2D eigenvalue weighted by Gasteiger charge is 2.38. The molecule has 0 N–H and O–H groups in total. The highest BCUT2D eigenvalue weighted by atomic mass is 15.1. The molecule has 0 atom stereocenters. The lowest BCUT2D eigenvalue weighted by Crippen LogP contribution is -2.18. The van der Waals surface area contributed by atoms with Gasteiger partial charge in [0.1, 0.15) is 0 Å². The molecule has 0 saturated heterocycles. The second-order valence-corrected chi connectivity index (χ2v) is 20.5. The number of fused-ring (bicyclic) bond motifs is 7. The summed E-state index contributed by atoms with van der Waals surface area (Å²) in [7, 11) is 0. The van der Waals surface area contributed by atoms with E-state index in [0.717, 1.165) is 17.1 Å². The van der Waals surface area contributed by atoms with E-state index in [1.807, 2.05) is 0 Å². The molecule has 71 heavy (non-hydrogen) atoms. The van der Waals surface area contributed by atoms with Gasteiger partial charge >= 0.3 is 0 Å². The molecule has 13 rings (SSSR count). The molecule has 0 heterocycles. The van der Waals surface area contributed by atoms with Gasteiger partial charge in [-0.05, 0) is 160 Å². The first-order chi connectivity index (χ1) is 34.7. The van der Waals surface area contributed by atoms with Crippen molar-refractivity contribution < 1.29 is 0 Å². The lowest BCUT2D eigenvalue weighted by molar-refractivity contribution is 0.660. The summed E-state index contributed by atoms with van der Waals surface area (Å²) < 4.78 is 0. The molecule has 0 aliphatic heterocycles. The predicted octanol–water partition coefficient (Wildman–Crippen LogP) is 19.3. The van der Waals surface area contributed by atoms with Gasteiger partial charge in [0.25, 0.3) is 0 Å². The summed E-state index contributed by atoms with van der Waals surface area (Å²) in [6, 6.07) is 92.4. The van der Waals surface area contributed by atoms with Crippen molar-refractivity contribution in [1.82, 2.24) is 0 Å². The zero-order valence-electron chi connectivity index (χ0n) is 40.6. The summed E-state index contributed by atoms with van der Waals surface area (Å²) in [6.45, 7) is 9.61. The fourth-order valence-electron chi connectivity index (χ4n) is 11.8. The van der Waals surface area contributed by atoms with Gasteiger partial charge in [0.05, 0.1) is 5.69 Å². The van der Waals surface area contributed by atoms with Crippen molar-refractivity contribution in [3.63, 3.8) is 0 Å². The van der Waals surface area contributed by atoms with Crippen LogP contribution in [0.25, 0.3) is 88.7 Å². The highest BCUT2D eigenvalue weighted by molar-refractivity contribution is 5.94. The Bertz CT molecular complexity index is 3860. The van der Waals surface area contributed by atoms with E-state index in [0.29, 0.717) is 0 Å². The van der Waals surface area contributed by atoms with Crippen molar-refractivity contribution in [3.8, 4) is 77.9 Å². The Balaban J connectivity index is 0.924. The van der Waals surface area contributed by atoms with E-state index in [2.05, 4.69) is 281 Å². The van der Waals surface area contributed by atoms with Gasteiger partial charge in [0.2, 0.25) is 0 Å². The summed E-state index contributed by atoms with van der Waals surface area (Å²) in [6.07, 6.45) is 0. The molecule has 1 heteroatoms. The average Bonchev–Trinajstić information content (AvgIpc) is 3.79. The Morgan fingerprint density at radius 3 is 1.23 bits per heavy atom. The van der Waals surface area contributed by atoms with Crippen LogP contribution in [0, 0.1) is 0 Å². The quantitative estimate of drug-likeness (QED) is 0.147. The van der Waals surface area contributed by atoms with E-state index in [1.165, 1.54) is 111 Å². The van der Waals surface area contributed by atoms with Crippen molar-refractivity contribution in [2.24, 2.45) is 0 Å². The van der Waals surface area contributed by atoms with Crippen molar-refractivity contribution >= 4 is 27.8 Å². The second kappa shape index (κ2) is 16.6. The van der Waals surface area contributed by atoms with Gasteiger partial charge in [0.15, 0.2) is 0 Å². The molecule has 0 bridgehead atoms. The number of hydrogen-bond donors (Lipinski definition) is 0. The first kappa shape index (κ1) is 42.6. The number of para-hydroxylation sites is 1. The summed E-state index contributed by atoms with van der Waals surface area (Å²) in [4.78, 5) is 2.52. The Hall–Kier alpha value is -8.52.